The van der Waals surface area contributed by atoms with Gasteiger partial charge in [-0.2, -0.15) is 0 Å². The fraction of sp³-hybridized carbons (Fsp3) is 0.381. The molecule has 140 valence electrons. The summed E-state index contributed by atoms with van der Waals surface area (Å²) in [5.74, 6) is 1.76. The number of hydrogen-bond donors (Lipinski definition) is 1. The number of carbonyl (C=O) groups is 1. The van der Waals surface area contributed by atoms with E-state index in [9.17, 15) is 4.79 Å². The van der Waals surface area contributed by atoms with Gasteiger partial charge in [0.15, 0.2) is 0 Å². The molecule has 1 amide bonds. The zero-order chi connectivity index (χ0) is 19.1. The van der Waals surface area contributed by atoms with Gasteiger partial charge in [-0.1, -0.05) is 29.8 Å². The van der Waals surface area contributed by atoms with Crippen molar-refractivity contribution in [3.05, 3.63) is 52.5 Å². The van der Waals surface area contributed by atoms with Gasteiger partial charge in [0.25, 0.3) is 5.91 Å². The Labute approximate surface area is 164 Å². The Morgan fingerprint density at radius 1 is 1.08 bits per heavy atom. The molecule has 5 heteroatoms. The highest BCUT2D eigenvalue weighted by Crippen LogP contribution is 2.26. The molecular formula is C21H26BrNO3. The summed E-state index contributed by atoms with van der Waals surface area (Å²) in [5, 5.41) is 2.91. The molecule has 0 aliphatic carbocycles. The van der Waals surface area contributed by atoms with Crippen molar-refractivity contribution in [3.8, 4) is 11.5 Å². The molecule has 1 N–H and O–H groups in total. The number of rotatable bonds is 8. The van der Waals surface area contributed by atoms with Crippen LogP contribution in [0.5, 0.6) is 11.5 Å². The smallest absolute Gasteiger partial charge is 0.259 e. The van der Waals surface area contributed by atoms with Crippen LogP contribution in [-0.2, 0) is 0 Å². The first-order chi connectivity index (χ1) is 12.3. The summed E-state index contributed by atoms with van der Waals surface area (Å²) in [6, 6.07) is 12.8. The largest absolute Gasteiger partial charge is 0.494 e. The predicted molar refractivity (Wildman–Crippen MR) is 109 cm³/mol. The number of nitrogens with one attached hydrogen (secondary N) is 1. The first kappa shape index (κ1) is 20.3. The summed E-state index contributed by atoms with van der Waals surface area (Å²) < 4.78 is 12.3. The average Bonchev–Trinajstić information content (AvgIpc) is 2.57. The van der Waals surface area contributed by atoms with Crippen LogP contribution >= 0.6 is 15.9 Å². The fourth-order valence-corrected chi connectivity index (χ4v) is 2.64. The Hall–Kier alpha value is -2.01. The van der Waals surface area contributed by atoms with E-state index in [-0.39, 0.29) is 12.0 Å². The van der Waals surface area contributed by atoms with Crippen LogP contribution in [0.2, 0.25) is 0 Å². The number of carbonyl (C=O) groups excluding carboxylic acids is 1. The quantitative estimate of drug-likeness (QED) is 0.577. The highest BCUT2D eigenvalue weighted by atomic mass is 79.9. The maximum absolute atomic E-state index is 12.7. The molecule has 0 unspecified atom stereocenters. The standard InChI is InChI=1S/C21H26BrNO3/c1-14(2)11-12-25-18-8-6-17(7-9-18)23-21(24)19-13-16(22)5-10-20(19)26-15(3)4/h5-10,13-15H,11-12H2,1-4H3,(H,23,24). The average molecular weight is 420 g/mol. The second-order valence-corrected chi connectivity index (χ2v) is 7.73. The molecular weight excluding hydrogens is 394 g/mol. The van der Waals surface area contributed by atoms with Gasteiger partial charge in [-0.25, -0.2) is 0 Å². The second kappa shape index (κ2) is 9.62. The molecule has 2 rings (SSSR count). The maximum Gasteiger partial charge on any atom is 0.259 e. The molecule has 0 aliphatic heterocycles. The lowest BCUT2D eigenvalue weighted by Crippen LogP contribution is -2.15. The van der Waals surface area contributed by atoms with Crippen LogP contribution < -0.4 is 14.8 Å². The lowest BCUT2D eigenvalue weighted by molar-refractivity contribution is 0.102. The van der Waals surface area contributed by atoms with E-state index in [1.54, 1.807) is 12.1 Å². The van der Waals surface area contributed by atoms with E-state index in [0.29, 0.717) is 29.5 Å². The van der Waals surface area contributed by atoms with Crippen molar-refractivity contribution in [2.45, 2.75) is 40.2 Å². The summed E-state index contributed by atoms with van der Waals surface area (Å²) in [6.07, 6.45) is 1.00. The van der Waals surface area contributed by atoms with Gasteiger partial charge in [0, 0.05) is 10.2 Å². The molecule has 26 heavy (non-hydrogen) atoms. The zero-order valence-electron chi connectivity index (χ0n) is 15.7. The van der Waals surface area contributed by atoms with Gasteiger partial charge in [0.05, 0.1) is 18.3 Å². The molecule has 0 saturated carbocycles. The topological polar surface area (TPSA) is 47.6 Å². The SMILES string of the molecule is CC(C)CCOc1ccc(NC(=O)c2cc(Br)ccc2OC(C)C)cc1. The normalized spacial score (nSPS) is 10.9. The number of hydrogen-bond acceptors (Lipinski definition) is 3. The van der Waals surface area contributed by atoms with E-state index in [0.717, 1.165) is 16.6 Å². The summed E-state index contributed by atoms with van der Waals surface area (Å²) >= 11 is 3.41. The highest BCUT2D eigenvalue weighted by Gasteiger charge is 2.15. The minimum absolute atomic E-state index is 0.00926. The lowest BCUT2D eigenvalue weighted by atomic mass is 10.1. The monoisotopic (exact) mass is 419 g/mol. The highest BCUT2D eigenvalue weighted by molar-refractivity contribution is 9.10. The van der Waals surface area contributed by atoms with Crippen LogP contribution in [0.4, 0.5) is 5.69 Å². The molecule has 0 aromatic heterocycles. The van der Waals surface area contributed by atoms with Gasteiger partial charge in [-0.15, -0.1) is 0 Å². The molecule has 0 heterocycles. The number of halogens is 1. The van der Waals surface area contributed by atoms with Crippen molar-refractivity contribution < 1.29 is 14.3 Å². The van der Waals surface area contributed by atoms with Crippen LogP contribution in [0.15, 0.2) is 46.9 Å². The van der Waals surface area contributed by atoms with Crippen LogP contribution in [-0.4, -0.2) is 18.6 Å². The Bertz CT molecular complexity index is 727. The molecule has 0 saturated heterocycles. The predicted octanol–water partition coefficient (Wildman–Crippen LogP) is 5.91. The first-order valence-corrected chi connectivity index (χ1v) is 9.65. The van der Waals surface area contributed by atoms with Crippen LogP contribution in [0.1, 0.15) is 44.5 Å². The summed E-state index contributed by atoms with van der Waals surface area (Å²) in [6.45, 7) is 8.89. The molecule has 2 aromatic rings. The molecule has 0 fully saturated rings. The number of benzene rings is 2. The Morgan fingerprint density at radius 2 is 1.77 bits per heavy atom. The molecule has 2 aromatic carbocycles. The van der Waals surface area contributed by atoms with E-state index >= 15 is 0 Å². The third-order valence-electron chi connectivity index (χ3n) is 3.63. The van der Waals surface area contributed by atoms with Crippen molar-refractivity contribution in [2.24, 2.45) is 5.92 Å². The maximum atomic E-state index is 12.7. The molecule has 0 radical (unpaired) electrons. The van der Waals surface area contributed by atoms with E-state index in [2.05, 4.69) is 35.1 Å². The molecule has 0 aliphatic rings. The first-order valence-electron chi connectivity index (χ1n) is 8.85. The Balaban J connectivity index is 2.04. The van der Waals surface area contributed by atoms with Crippen molar-refractivity contribution in [1.29, 1.82) is 0 Å². The van der Waals surface area contributed by atoms with Gasteiger partial charge in [-0.3, -0.25) is 4.79 Å². The van der Waals surface area contributed by atoms with E-state index < -0.39 is 0 Å². The minimum atomic E-state index is -0.213. The van der Waals surface area contributed by atoms with Crippen molar-refractivity contribution in [1.82, 2.24) is 0 Å². The summed E-state index contributed by atoms with van der Waals surface area (Å²) in [7, 11) is 0. The Kier molecular flexibility index (Phi) is 7.51. The van der Waals surface area contributed by atoms with Gasteiger partial charge >= 0.3 is 0 Å². The van der Waals surface area contributed by atoms with Crippen LogP contribution in [0, 0.1) is 5.92 Å². The van der Waals surface area contributed by atoms with Crippen molar-refractivity contribution in [3.63, 3.8) is 0 Å². The number of amides is 1. The van der Waals surface area contributed by atoms with Gasteiger partial charge in [0.1, 0.15) is 11.5 Å². The summed E-state index contributed by atoms with van der Waals surface area (Å²) in [5.41, 5.74) is 1.20. The molecule has 0 spiro atoms. The van der Waals surface area contributed by atoms with Crippen LogP contribution in [0.25, 0.3) is 0 Å². The van der Waals surface area contributed by atoms with Gasteiger partial charge in [-0.05, 0) is 68.7 Å². The van der Waals surface area contributed by atoms with Crippen molar-refractivity contribution in [2.75, 3.05) is 11.9 Å². The zero-order valence-corrected chi connectivity index (χ0v) is 17.3. The molecule has 4 nitrogen and oxygen atoms in total. The third kappa shape index (κ3) is 6.37. The van der Waals surface area contributed by atoms with Crippen LogP contribution in [0.3, 0.4) is 0 Å². The van der Waals surface area contributed by atoms with E-state index in [4.69, 9.17) is 9.47 Å². The molecule has 0 atom stereocenters. The third-order valence-corrected chi connectivity index (χ3v) is 4.12. The minimum Gasteiger partial charge on any atom is -0.494 e. The fourth-order valence-electron chi connectivity index (χ4n) is 2.28. The van der Waals surface area contributed by atoms with E-state index in [1.165, 1.54) is 0 Å². The lowest BCUT2D eigenvalue weighted by Gasteiger charge is -2.15. The summed E-state index contributed by atoms with van der Waals surface area (Å²) in [4.78, 5) is 12.7. The van der Waals surface area contributed by atoms with Gasteiger partial charge in [0.2, 0.25) is 0 Å². The molecule has 0 bridgehead atoms. The van der Waals surface area contributed by atoms with Crippen molar-refractivity contribution >= 4 is 27.5 Å². The van der Waals surface area contributed by atoms with E-state index in [1.807, 2.05) is 44.2 Å². The second-order valence-electron chi connectivity index (χ2n) is 6.82. The Morgan fingerprint density at radius 3 is 2.38 bits per heavy atom. The van der Waals surface area contributed by atoms with Gasteiger partial charge < -0.3 is 14.8 Å². The number of anilines is 1. The number of ether oxygens (including phenoxy) is 2.